The van der Waals surface area contributed by atoms with E-state index in [1.54, 1.807) is 24.3 Å². The van der Waals surface area contributed by atoms with Crippen LogP contribution in [-0.4, -0.2) is 43.9 Å². The lowest BCUT2D eigenvalue weighted by molar-refractivity contribution is 0.0924. The highest BCUT2D eigenvalue weighted by atomic mass is 32.2. The summed E-state index contributed by atoms with van der Waals surface area (Å²) in [5.74, 6) is 0.0685. The van der Waals surface area contributed by atoms with Gasteiger partial charge in [-0.2, -0.15) is 0 Å². The molecule has 1 unspecified atom stereocenters. The molecule has 0 spiro atoms. The van der Waals surface area contributed by atoms with Crippen LogP contribution in [0, 0.1) is 13.8 Å². The molecule has 0 aliphatic rings. The molecule has 0 saturated carbocycles. The van der Waals surface area contributed by atoms with Crippen molar-refractivity contribution in [2.75, 3.05) is 19.8 Å². The lowest BCUT2D eigenvalue weighted by Gasteiger charge is -2.24. The Morgan fingerprint density at radius 3 is 2.25 bits per heavy atom. The fourth-order valence-corrected chi connectivity index (χ4v) is 3.34. The van der Waals surface area contributed by atoms with Crippen LogP contribution in [0.25, 0.3) is 0 Å². The van der Waals surface area contributed by atoms with E-state index >= 15 is 0 Å². The van der Waals surface area contributed by atoms with Crippen LogP contribution in [-0.2, 0) is 9.84 Å². The van der Waals surface area contributed by atoms with Crippen LogP contribution in [0.5, 0.6) is 0 Å². The highest BCUT2D eigenvalue weighted by Gasteiger charge is 2.18. The van der Waals surface area contributed by atoms with Crippen LogP contribution < -0.4 is 0 Å². The van der Waals surface area contributed by atoms with Gasteiger partial charge in [0.2, 0.25) is 0 Å². The number of nitrogens with zero attached hydrogens (tertiary/aromatic N) is 1. The fourth-order valence-electron chi connectivity index (χ4n) is 2.71. The number of carbonyl (C=O) groups excluding carboxylic acids is 1. The van der Waals surface area contributed by atoms with E-state index in [0.717, 1.165) is 22.5 Å². The molecule has 24 heavy (non-hydrogen) atoms. The predicted octanol–water partition coefficient (Wildman–Crippen LogP) is 2.91. The first-order valence-electron chi connectivity index (χ1n) is 7.79. The average Bonchev–Trinajstić information content (AvgIpc) is 2.84. The van der Waals surface area contributed by atoms with Gasteiger partial charge in [0.05, 0.1) is 11.4 Å². The van der Waals surface area contributed by atoms with Crippen LogP contribution in [0.2, 0.25) is 0 Å². The van der Waals surface area contributed by atoms with E-state index < -0.39 is 9.84 Å². The van der Waals surface area contributed by atoms with Gasteiger partial charge in [0, 0.05) is 29.2 Å². The molecule has 1 heterocycles. The largest absolute Gasteiger partial charge is 0.362 e. The number of aromatic amines is 1. The van der Waals surface area contributed by atoms with Crippen molar-refractivity contribution in [3.63, 3.8) is 0 Å². The van der Waals surface area contributed by atoms with Crippen molar-refractivity contribution in [3.8, 4) is 0 Å². The summed E-state index contributed by atoms with van der Waals surface area (Å²) in [5.41, 5.74) is 3.55. The van der Waals surface area contributed by atoms with E-state index in [9.17, 15) is 13.2 Å². The molecule has 0 aliphatic heterocycles. The first-order valence-corrected chi connectivity index (χ1v) is 9.68. The Morgan fingerprint density at radius 2 is 1.79 bits per heavy atom. The van der Waals surface area contributed by atoms with Gasteiger partial charge in [0.15, 0.2) is 15.6 Å². The molecule has 1 aromatic heterocycles. The Labute approximate surface area is 143 Å². The van der Waals surface area contributed by atoms with Gasteiger partial charge < -0.3 is 4.98 Å². The fraction of sp³-hybridized carbons (Fsp3) is 0.389. The van der Waals surface area contributed by atoms with E-state index in [1.165, 1.54) is 6.26 Å². The van der Waals surface area contributed by atoms with Gasteiger partial charge >= 0.3 is 0 Å². The van der Waals surface area contributed by atoms with E-state index in [1.807, 2.05) is 38.8 Å². The number of aryl methyl sites for hydroxylation is 2. The number of sulfone groups is 1. The molecule has 0 radical (unpaired) electrons. The third kappa shape index (κ3) is 4.13. The summed E-state index contributed by atoms with van der Waals surface area (Å²) in [6.07, 6.45) is 1.19. The summed E-state index contributed by atoms with van der Waals surface area (Å²) in [4.78, 5) is 17.9. The van der Waals surface area contributed by atoms with Gasteiger partial charge in [-0.15, -0.1) is 0 Å². The van der Waals surface area contributed by atoms with Crippen molar-refractivity contribution in [1.29, 1.82) is 0 Å². The molecule has 1 aromatic carbocycles. The van der Waals surface area contributed by atoms with Crippen LogP contribution >= 0.6 is 0 Å². The highest BCUT2D eigenvalue weighted by Crippen LogP contribution is 2.21. The molecular weight excluding hydrogens is 324 g/mol. The van der Waals surface area contributed by atoms with Crippen LogP contribution in [0.1, 0.15) is 40.3 Å². The van der Waals surface area contributed by atoms with Gasteiger partial charge in [-0.1, -0.05) is 12.1 Å². The first-order chi connectivity index (χ1) is 11.1. The lowest BCUT2D eigenvalue weighted by atomic mass is 10.1. The normalized spacial score (nSPS) is 13.2. The quantitative estimate of drug-likeness (QED) is 0.815. The summed E-state index contributed by atoms with van der Waals surface area (Å²) in [6, 6.07) is 8.69. The Hall–Kier alpha value is -1.92. The third-order valence-electron chi connectivity index (χ3n) is 4.29. The number of H-pyrrole nitrogens is 1. The number of hydrogen-bond acceptors (Lipinski definition) is 4. The number of nitrogens with one attached hydrogen (secondary N) is 1. The first kappa shape index (κ1) is 18.4. The maximum absolute atomic E-state index is 12.5. The molecule has 0 bridgehead atoms. The van der Waals surface area contributed by atoms with Crippen LogP contribution in [0.15, 0.2) is 35.2 Å². The minimum absolute atomic E-state index is 0.00269. The van der Waals surface area contributed by atoms with Crippen molar-refractivity contribution < 1.29 is 13.2 Å². The summed E-state index contributed by atoms with van der Waals surface area (Å²) in [5, 5.41) is 0. The second-order valence-electron chi connectivity index (χ2n) is 6.35. The number of rotatable bonds is 6. The molecule has 2 rings (SSSR count). The zero-order valence-electron chi connectivity index (χ0n) is 14.8. The van der Waals surface area contributed by atoms with Crippen molar-refractivity contribution in [1.82, 2.24) is 9.88 Å². The summed E-state index contributed by atoms with van der Waals surface area (Å²) < 4.78 is 23.1. The van der Waals surface area contributed by atoms with Gasteiger partial charge in [0.25, 0.3) is 0 Å². The van der Waals surface area contributed by atoms with Gasteiger partial charge in [-0.3, -0.25) is 9.69 Å². The molecular formula is C18H24N2O3S. The summed E-state index contributed by atoms with van der Waals surface area (Å²) in [7, 11) is -1.30. The Morgan fingerprint density at radius 1 is 1.21 bits per heavy atom. The number of carbonyl (C=O) groups is 1. The maximum atomic E-state index is 12.5. The van der Waals surface area contributed by atoms with Crippen molar-refractivity contribution in [3.05, 3.63) is 52.8 Å². The number of Topliss-reactive ketones (excluding diaryl/α,β-unsaturated/α-hetero) is 1. The van der Waals surface area contributed by atoms with Crippen molar-refractivity contribution in [2.45, 2.75) is 31.7 Å². The molecule has 0 aliphatic carbocycles. The summed E-state index contributed by atoms with van der Waals surface area (Å²) >= 11 is 0. The minimum Gasteiger partial charge on any atom is -0.362 e. The predicted molar refractivity (Wildman–Crippen MR) is 95.2 cm³/mol. The Balaban J connectivity index is 2.10. The van der Waals surface area contributed by atoms with Gasteiger partial charge in [-0.25, -0.2) is 8.42 Å². The number of benzene rings is 1. The van der Waals surface area contributed by atoms with E-state index in [2.05, 4.69) is 4.98 Å². The van der Waals surface area contributed by atoms with Crippen molar-refractivity contribution in [2.24, 2.45) is 0 Å². The van der Waals surface area contributed by atoms with E-state index in [4.69, 9.17) is 0 Å². The molecule has 0 fully saturated rings. The molecule has 5 nitrogen and oxygen atoms in total. The number of hydrogen-bond donors (Lipinski definition) is 1. The zero-order valence-corrected chi connectivity index (χ0v) is 15.6. The molecule has 1 N–H and O–H groups in total. The molecule has 1 atom stereocenters. The molecule has 6 heteroatoms. The highest BCUT2D eigenvalue weighted by molar-refractivity contribution is 7.90. The second-order valence-corrected chi connectivity index (χ2v) is 8.36. The van der Waals surface area contributed by atoms with Gasteiger partial charge in [0.1, 0.15) is 0 Å². The second kappa shape index (κ2) is 6.91. The van der Waals surface area contributed by atoms with E-state index in [-0.39, 0.29) is 11.8 Å². The van der Waals surface area contributed by atoms with E-state index in [0.29, 0.717) is 11.4 Å². The standard InChI is InChI=1S/C18H24N2O3S/c1-12-10-17(13(2)19-12)18(21)11-20(4)14(3)15-6-8-16(9-7-15)24(5,22)23/h6-10,14,19H,11H2,1-5H3. The maximum Gasteiger partial charge on any atom is 0.178 e. The Bertz CT molecular complexity index is 836. The summed E-state index contributed by atoms with van der Waals surface area (Å²) in [6.45, 7) is 6.12. The van der Waals surface area contributed by atoms with Gasteiger partial charge in [-0.05, 0) is 51.6 Å². The molecule has 2 aromatic rings. The number of ketones is 1. The topological polar surface area (TPSA) is 70.2 Å². The SMILES string of the molecule is Cc1cc(C(=O)CN(C)C(C)c2ccc(S(C)(=O)=O)cc2)c(C)[nH]1. The molecule has 0 amide bonds. The van der Waals surface area contributed by atoms with Crippen LogP contribution in [0.4, 0.5) is 0 Å². The van der Waals surface area contributed by atoms with Crippen molar-refractivity contribution >= 4 is 15.6 Å². The molecule has 0 saturated heterocycles. The van der Waals surface area contributed by atoms with Crippen LogP contribution in [0.3, 0.4) is 0 Å². The zero-order chi connectivity index (χ0) is 18.1. The number of aromatic nitrogens is 1. The monoisotopic (exact) mass is 348 g/mol. The lowest BCUT2D eigenvalue weighted by Crippen LogP contribution is -2.29. The smallest absolute Gasteiger partial charge is 0.178 e. The minimum atomic E-state index is -3.19. The number of likely N-dealkylation sites (N-methyl/N-ethyl adjacent to an activating group) is 1. The Kier molecular flexibility index (Phi) is 5.30. The molecule has 130 valence electrons. The average molecular weight is 348 g/mol. The third-order valence-corrected chi connectivity index (χ3v) is 5.42.